The maximum atomic E-state index is 6.55. The summed E-state index contributed by atoms with van der Waals surface area (Å²) in [6.45, 7) is 6.19. The molecule has 0 bridgehead atoms. The first-order chi connectivity index (χ1) is 16.6. The average molecular weight is 468 g/mol. The van der Waals surface area contributed by atoms with E-state index in [4.69, 9.17) is 22.1 Å². The van der Waals surface area contributed by atoms with Crippen molar-refractivity contribution in [3.63, 3.8) is 0 Å². The van der Waals surface area contributed by atoms with Crippen LogP contribution in [0.1, 0.15) is 12.6 Å². The van der Waals surface area contributed by atoms with Gasteiger partial charge >= 0.3 is 0 Å². The maximum absolute atomic E-state index is 6.55. The third kappa shape index (κ3) is 5.30. The fourth-order valence-corrected chi connectivity index (χ4v) is 3.96. The normalized spacial score (nSPS) is 11.6. The molecule has 4 rings (SSSR count). The maximum Gasteiger partial charge on any atom is 0.127 e. The molecule has 2 aromatic carbocycles. The van der Waals surface area contributed by atoms with Gasteiger partial charge in [0.25, 0.3) is 0 Å². The average Bonchev–Trinajstić information content (AvgIpc) is 3.25. The number of nitrogens with two attached hydrogens (primary N) is 1. The van der Waals surface area contributed by atoms with Gasteiger partial charge in [-0.05, 0) is 79.2 Å². The molecule has 0 aliphatic carbocycles. The molecule has 0 unspecified atom stereocenters. The molecule has 2 aromatic heterocycles. The molecule has 0 radical (unpaired) electrons. The Balaban J connectivity index is 1.72. The minimum Gasteiger partial charge on any atom is -0.458 e. The number of anilines is 1. The van der Waals surface area contributed by atoms with Crippen LogP contribution in [-0.4, -0.2) is 9.55 Å². The number of allylic oxidation sites excluding steroid dienone is 4. The third-order valence-corrected chi connectivity index (χ3v) is 5.68. The second kappa shape index (κ2) is 10.7. The van der Waals surface area contributed by atoms with Crippen molar-refractivity contribution in [1.82, 2.24) is 9.55 Å². The number of ether oxygens (including phenoxy) is 1. The Labute approximate surface area is 205 Å². The first kappa shape index (κ1) is 23.1. The predicted molar refractivity (Wildman–Crippen MR) is 142 cm³/mol. The van der Waals surface area contributed by atoms with Gasteiger partial charge in [-0.15, -0.1) is 0 Å². The fraction of sp³-hybridized carbons (Fsp3) is 0.0690. The largest absolute Gasteiger partial charge is 0.458 e. The summed E-state index contributed by atoms with van der Waals surface area (Å²) in [6.07, 6.45) is 7.35. The summed E-state index contributed by atoms with van der Waals surface area (Å²) < 4.78 is 8.18. The lowest BCUT2D eigenvalue weighted by molar-refractivity contribution is 0.443. The van der Waals surface area contributed by atoms with Gasteiger partial charge in [0, 0.05) is 16.3 Å². The highest BCUT2D eigenvalue weighted by atomic mass is 35.5. The van der Waals surface area contributed by atoms with Gasteiger partial charge in [0.15, 0.2) is 0 Å². The van der Waals surface area contributed by atoms with Crippen molar-refractivity contribution in [2.24, 2.45) is 0 Å². The van der Waals surface area contributed by atoms with E-state index in [2.05, 4.69) is 40.4 Å². The van der Waals surface area contributed by atoms with Crippen LogP contribution >= 0.6 is 11.6 Å². The molecular weight excluding hydrogens is 442 g/mol. The van der Waals surface area contributed by atoms with E-state index in [-0.39, 0.29) is 0 Å². The summed E-state index contributed by atoms with van der Waals surface area (Å²) in [5, 5.41) is 0.698. The van der Waals surface area contributed by atoms with Crippen molar-refractivity contribution >= 4 is 17.4 Å². The third-order valence-electron chi connectivity index (χ3n) is 5.35. The number of hydrogen-bond acceptors (Lipinski definition) is 3. The van der Waals surface area contributed by atoms with Crippen LogP contribution in [0.15, 0.2) is 116 Å². The molecule has 4 nitrogen and oxygen atoms in total. The number of benzene rings is 2. The minimum absolute atomic E-state index is 0.497. The highest BCUT2D eigenvalue weighted by Crippen LogP contribution is 2.34. The molecule has 170 valence electrons. The second-order valence-electron chi connectivity index (χ2n) is 7.64. The van der Waals surface area contributed by atoms with E-state index in [0.29, 0.717) is 17.4 Å². The van der Waals surface area contributed by atoms with Crippen molar-refractivity contribution in [2.45, 2.75) is 13.5 Å². The van der Waals surface area contributed by atoms with Crippen LogP contribution in [0.3, 0.4) is 0 Å². The number of nitrogens with zero attached hydrogens (tertiary/aromatic N) is 2. The van der Waals surface area contributed by atoms with Crippen LogP contribution in [0, 0.1) is 0 Å². The zero-order chi connectivity index (χ0) is 23.9. The van der Waals surface area contributed by atoms with Crippen LogP contribution in [0.4, 0.5) is 5.82 Å². The SMILES string of the molecule is C=C/C=C\C(=C/C)Oc1ccc(-c2ccc(-c3ccccc3Cl)n2Cc2cccc(N)n2)cc1. The Morgan fingerprint density at radius 3 is 2.47 bits per heavy atom. The number of hydrogen-bond donors (Lipinski definition) is 1. The van der Waals surface area contributed by atoms with Crippen molar-refractivity contribution < 1.29 is 4.74 Å². The molecule has 0 fully saturated rings. The Hall–Kier alpha value is -4.02. The molecular formula is C29H26ClN3O. The van der Waals surface area contributed by atoms with E-state index >= 15 is 0 Å². The Morgan fingerprint density at radius 1 is 1.00 bits per heavy atom. The van der Waals surface area contributed by atoms with Crippen LogP contribution < -0.4 is 10.5 Å². The molecule has 2 heterocycles. The van der Waals surface area contributed by atoms with Crippen LogP contribution in [-0.2, 0) is 6.54 Å². The van der Waals surface area contributed by atoms with Gasteiger partial charge in [-0.3, -0.25) is 0 Å². The van der Waals surface area contributed by atoms with E-state index in [9.17, 15) is 0 Å². The molecule has 0 saturated carbocycles. The molecule has 0 aliphatic rings. The van der Waals surface area contributed by atoms with Gasteiger partial charge in [0.2, 0.25) is 0 Å². The van der Waals surface area contributed by atoms with Gasteiger partial charge in [0.1, 0.15) is 17.3 Å². The van der Waals surface area contributed by atoms with Gasteiger partial charge in [-0.25, -0.2) is 4.98 Å². The van der Waals surface area contributed by atoms with E-state index in [1.54, 1.807) is 12.1 Å². The minimum atomic E-state index is 0.497. The zero-order valence-corrected chi connectivity index (χ0v) is 19.7. The number of nitrogen functional groups attached to an aromatic ring is 1. The molecule has 34 heavy (non-hydrogen) atoms. The highest BCUT2D eigenvalue weighted by Gasteiger charge is 2.15. The van der Waals surface area contributed by atoms with Crippen molar-refractivity contribution in [1.29, 1.82) is 0 Å². The predicted octanol–water partition coefficient (Wildman–Crippen LogP) is 7.53. The summed E-state index contributed by atoms with van der Waals surface area (Å²) in [7, 11) is 0. The standard InChI is InChI=1S/C29H26ClN3O/c1-3-5-10-23(4-2)34-24-16-14-21(15-17-24)27-18-19-28(25-11-6-7-12-26(25)30)33(27)20-22-9-8-13-29(31)32-22/h3-19H,1,20H2,2H3,(H2,31,32)/b10-5-,23-4+. The summed E-state index contributed by atoms with van der Waals surface area (Å²) in [4.78, 5) is 4.50. The van der Waals surface area contributed by atoms with Crippen molar-refractivity contribution in [2.75, 3.05) is 5.73 Å². The van der Waals surface area contributed by atoms with Crippen LogP contribution in [0.2, 0.25) is 5.02 Å². The van der Waals surface area contributed by atoms with Crippen molar-refractivity contribution in [3.8, 4) is 28.3 Å². The Morgan fingerprint density at radius 2 is 1.76 bits per heavy atom. The van der Waals surface area contributed by atoms with Gasteiger partial charge in [0.05, 0.1) is 17.9 Å². The first-order valence-electron chi connectivity index (χ1n) is 11.0. The number of pyridine rings is 1. The molecule has 4 aromatic rings. The molecule has 0 amide bonds. The zero-order valence-electron chi connectivity index (χ0n) is 19.0. The lowest BCUT2D eigenvalue weighted by atomic mass is 10.1. The van der Waals surface area contributed by atoms with Crippen LogP contribution in [0.5, 0.6) is 5.75 Å². The topological polar surface area (TPSA) is 53.1 Å². The summed E-state index contributed by atoms with van der Waals surface area (Å²) in [5.41, 5.74) is 10.9. The lowest BCUT2D eigenvalue weighted by Gasteiger charge is -2.15. The Kier molecular flexibility index (Phi) is 7.31. The molecule has 0 aliphatic heterocycles. The quantitative estimate of drug-likeness (QED) is 0.215. The molecule has 0 atom stereocenters. The summed E-state index contributed by atoms with van der Waals surface area (Å²) in [6, 6.07) is 25.7. The van der Waals surface area contributed by atoms with E-state index in [1.165, 1.54) is 0 Å². The van der Waals surface area contributed by atoms with Crippen LogP contribution in [0.25, 0.3) is 22.5 Å². The lowest BCUT2D eigenvalue weighted by Crippen LogP contribution is -2.06. The fourth-order valence-electron chi connectivity index (χ4n) is 3.72. The van der Waals surface area contributed by atoms with Gasteiger partial charge in [-0.1, -0.05) is 54.6 Å². The molecule has 5 heteroatoms. The monoisotopic (exact) mass is 467 g/mol. The van der Waals surface area contributed by atoms with E-state index < -0.39 is 0 Å². The molecule has 0 spiro atoms. The highest BCUT2D eigenvalue weighted by molar-refractivity contribution is 6.33. The summed E-state index contributed by atoms with van der Waals surface area (Å²) >= 11 is 6.55. The van der Waals surface area contributed by atoms with E-state index in [1.807, 2.05) is 73.7 Å². The van der Waals surface area contributed by atoms with Crippen molar-refractivity contribution in [3.05, 3.63) is 126 Å². The summed E-state index contributed by atoms with van der Waals surface area (Å²) in [5.74, 6) is 2.01. The van der Waals surface area contributed by atoms with Gasteiger partial charge in [-0.2, -0.15) is 0 Å². The number of rotatable bonds is 8. The molecule has 0 saturated heterocycles. The second-order valence-corrected chi connectivity index (χ2v) is 8.04. The van der Waals surface area contributed by atoms with E-state index in [0.717, 1.165) is 39.7 Å². The Bertz CT molecular complexity index is 1350. The molecule has 2 N–H and O–H groups in total. The van der Waals surface area contributed by atoms with Gasteiger partial charge < -0.3 is 15.0 Å². The number of aromatic nitrogens is 2. The number of halogens is 1. The first-order valence-corrected chi connectivity index (χ1v) is 11.4. The smallest absolute Gasteiger partial charge is 0.127 e.